The second-order valence-corrected chi connectivity index (χ2v) is 7.80. The van der Waals surface area contributed by atoms with E-state index in [1.807, 2.05) is 0 Å². The molecule has 0 saturated carbocycles. The van der Waals surface area contributed by atoms with Crippen molar-refractivity contribution in [1.82, 2.24) is 10.6 Å². The molecule has 0 radical (unpaired) electrons. The maximum absolute atomic E-state index is 10.9. The van der Waals surface area contributed by atoms with Crippen LogP contribution in [-0.2, 0) is 10.8 Å². The van der Waals surface area contributed by atoms with Gasteiger partial charge in [0, 0.05) is 34.6 Å². The zero-order chi connectivity index (χ0) is 12.5. The van der Waals surface area contributed by atoms with Gasteiger partial charge in [-0.25, -0.2) is 0 Å². The van der Waals surface area contributed by atoms with Crippen molar-refractivity contribution in [2.45, 2.75) is 30.9 Å². The van der Waals surface area contributed by atoms with Crippen LogP contribution in [0.3, 0.4) is 0 Å². The highest BCUT2D eigenvalue weighted by Crippen LogP contribution is 2.20. The Morgan fingerprint density at radius 1 is 1.47 bits per heavy atom. The molecule has 0 bridgehead atoms. The number of hydrogen-bond donors (Lipinski definition) is 2. The molecule has 0 aliphatic carbocycles. The molecule has 1 saturated heterocycles. The molecule has 0 aromatic carbocycles. The average molecular weight is 295 g/mol. The van der Waals surface area contributed by atoms with Gasteiger partial charge in [0.25, 0.3) is 0 Å². The smallest absolute Gasteiger partial charge is 0.134 e. The molecule has 1 atom stereocenters. The van der Waals surface area contributed by atoms with Gasteiger partial charge in [0.1, 0.15) is 4.32 Å². The third-order valence-corrected chi connectivity index (χ3v) is 5.15. The lowest BCUT2D eigenvalue weighted by atomic mass is 10.2. The molecule has 1 fully saturated rings. The summed E-state index contributed by atoms with van der Waals surface area (Å²) < 4.78 is 11.8. The highest BCUT2D eigenvalue weighted by Gasteiger charge is 2.14. The highest BCUT2D eigenvalue weighted by molar-refractivity contribution is 8.23. The summed E-state index contributed by atoms with van der Waals surface area (Å²) in [5.41, 5.74) is 0. The monoisotopic (exact) mass is 294 g/mol. The van der Waals surface area contributed by atoms with Gasteiger partial charge in [0.05, 0.1) is 0 Å². The Morgan fingerprint density at radius 2 is 2.18 bits per heavy atom. The summed E-state index contributed by atoms with van der Waals surface area (Å²) >= 11 is 7.11. The molecule has 100 valence electrons. The first-order valence-electron chi connectivity index (χ1n) is 6.13. The van der Waals surface area contributed by atoms with E-state index in [1.165, 1.54) is 12.8 Å². The van der Waals surface area contributed by atoms with Crippen LogP contribution in [0.1, 0.15) is 25.7 Å². The molecule has 0 aromatic rings. The minimum absolute atomic E-state index is 0.658. The lowest BCUT2D eigenvalue weighted by Gasteiger charge is -2.22. The normalized spacial score (nSPS) is 18.9. The number of piperidine rings is 1. The molecule has 2 N–H and O–H groups in total. The molecule has 6 heteroatoms. The summed E-state index contributed by atoms with van der Waals surface area (Å²) in [4.78, 5) is 0. The second-order valence-electron chi connectivity index (χ2n) is 4.27. The van der Waals surface area contributed by atoms with E-state index in [4.69, 9.17) is 12.2 Å². The van der Waals surface area contributed by atoms with Gasteiger partial charge >= 0.3 is 0 Å². The fourth-order valence-electron chi connectivity index (χ4n) is 1.73. The van der Waals surface area contributed by atoms with E-state index in [-0.39, 0.29) is 0 Å². The molecule has 0 spiro atoms. The Balaban J connectivity index is 1.98. The van der Waals surface area contributed by atoms with E-state index in [9.17, 15) is 4.21 Å². The largest absolute Gasteiger partial charge is 0.371 e. The van der Waals surface area contributed by atoms with Crippen molar-refractivity contribution in [3.8, 4) is 0 Å². The Bertz CT molecular complexity index is 255. The van der Waals surface area contributed by atoms with Gasteiger partial charge in [-0.2, -0.15) is 0 Å². The first-order chi connectivity index (χ1) is 8.18. The van der Waals surface area contributed by atoms with Crippen LogP contribution in [0.2, 0.25) is 0 Å². The van der Waals surface area contributed by atoms with Crippen molar-refractivity contribution in [2.75, 3.05) is 31.6 Å². The van der Waals surface area contributed by atoms with Gasteiger partial charge in [-0.3, -0.25) is 4.21 Å². The van der Waals surface area contributed by atoms with Crippen molar-refractivity contribution in [3.05, 3.63) is 0 Å². The minimum atomic E-state index is -0.658. The van der Waals surface area contributed by atoms with Crippen LogP contribution in [-0.4, -0.2) is 45.4 Å². The number of rotatable bonds is 6. The summed E-state index contributed by atoms with van der Waals surface area (Å²) in [7, 11) is -0.658. The predicted octanol–water partition coefficient (Wildman–Crippen LogP) is 1.50. The van der Waals surface area contributed by atoms with Gasteiger partial charge < -0.3 is 10.6 Å². The summed E-state index contributed by atoms with van der Waals surface area (Å²) in [6.45, 7) is 3.14. The fourth-order valence-corrected chi connectivity index (χ4v) is 3.81. The standard InChI is InChI=1S/C11H22N2OS3/c1-17(14)9-3-2-6-13-11(15)16-10-4-7-12-8-5-10/h10,12H,2-9H2,1H3,(H,13,15). The first kappa shape index (κ1) is 15.4. The second kappa shape index (κ2) is 9.30. The maximum atomic E-state index is 10.9. The lowest BCUT2D eigenvalue weighted by molar-refractivity contribution is 0.532. The fraction of sp³-hybridized carbons (Fsp3) is 0.909. The molecule has 0 aromatic heterocycles. The minimum Gasteiger partial charge on any atom is -0.371 e. The molecule has 1 aliphatic rings. The lowest BCUT2D eigenvalue weighted by Crippen LogP contribution is -2.31. The Morgan fingerprint density at radius 3 is 2.82 bits per heavy atom. The number of nitrogens with one attached hydrogen (secondary N) is 2. The average Bonchev–Trinajstić information content (AvgIpc) is 2.29. The number of thiocarbonyl (C=S) groups is 1. The van der Waals surface area contributed by atoms with Crippen molar-refractivity contribution >= 4 is 39.1 Å². The SMILES string of the molecule is CS(=O)CCCCNC(=S)SC1CCNCC1. The predicted molar refractivity (Wildman–Crippen MR) is 82.3 cm³/mol. The Kier molecular flexibility index (Phi) is 8.43. The van der Waals surface area contributed by atoms with Crippen molar-refractivity contribution in [1.29, 1.82) is 0 Å². The zero-order valence-corrected chi connectivity index (χ0v) is 12.8. The first-order valence-corrected chi connectivity index (χ1v) is 9.15. The topological polar surface area (TPSA) is 41.1 Å². The maximum Gasteiger partial charge on any atom is 0.134 e. The van der Waals surface area contributed by atoms with Crippen LogP contribution in [0.4, 0.5) is 0 Å². The molecule has 1 aliphatic heterocycles. The van der Waals surface area contributed by atoms with Crippen molar-refractivity contribution < 1.29 is 4.21 Å². The van der Waals surface area contributed by atoms with Crippen LogP contribution in [0.25, 0.3) is 0 Å². The van der Waals surface area contributed by atoms with Crippen LogP contribution in [0.5, 0.6) is 0 Å². The van der Waals surface area contributed by atoms with Gasteiger partial charge in [-0.1, -0.05) is 24.0 Å². The number of thioether (sulfide) groups is 1. The molecule has 1 rings (SSSR count). The third kappa shape index (κ3) is 8.13. The molecule has 1 heterocycles. The van der Waals surface area contributed by atoms with Crippen LogP contribution >= 0.6 is 24.0 Å². The molecule has 0 amide bonds. The van der Waals surface area contributed by atoms with Gasteiger partial charge in [-0.05, 0) is 38.8 Å². The van der Waals surface area contributed by atoms with Crippen LogP contribution in [0, 0.1) is 0 Å². The summed E-state index contributed by atoms with van der Waals surface area (Å²) in [6.07, 6.45) is 6.23. The Labute approximate surface area is 116 Å². The zero-order valence-electron chi connectivity index (χ0n) is 10.4. The molecule has 1 unspecified atom stereocenters. The van der Waals surface area contributed by atoms with E-state index in [1.54, 1.807) is 18.0 Å². The van der Waals surface area contributed by atoms with Crippen LogP contribution < -0.4 is 10.6 Å². The number of hydrogen-bond acceptors (Lipinski definition) is 4. The van der Waals surface area contributed by atoms with Gasteiger partial charge in [0.2, 0.25) is 0 Å². The molecule has 3 nitrogen and oxygen atoms in total. The van der Waals surface area contributed by atoms with E-state index in [0.717, 1.165) is 42.5 Å². The van der Waals surface area contributed by atoms with E-state index in [2.05, 4.69) is 10.6 Å². The molecule has 17 heavy (non-hydrogen) atoms. The summed E-state index contributed by atoms with van der Waals surface area (Å²) in [5, 5.41) is 7.31. The Hall–Kier alpha value is 0.350. The van der Waals surface area contributed by atoms with Gasteiger partial charge in [0.15, 0.2) is 0 Å². The van der Waals surface area contributed by atoms with Crippen LogP contribution in [0.15, 0.2) is 0 Å². The summed E-state index contributed by atoms with van der Waals surface area (Å²) in [5.74, 6) is 0.801. The quantitative estimate of drug-likeness (QED) is 0.574. The summed E-state index contributed by atoms with van der Waals surface area (Å²) in [6, 6.07) is 0. The molecular formula is C11H22N2OS3. The van der Waals surface area contributed by atoms with E-state index in [0.29, 0.717) is 5.25 Å². The van der Waals surface area contributed by atoms with Gasteiger partial charge in [-0.15, -0.1) is 0 Å². The highest BCUT2D eigenvalue weighted by atomic mass is 32.2. The number of unbranched alkanes of at least 4 members (excludes halogenated alkanes) is 1. The third-order valence-electron chi connectivity index (χ3n) is 2.69. The van der Waals surface area contributed by atoms with E-state index >= 15 is 0 Å². The van der Waals surface area contributed by atoms with Crippen molar-refractivity contribution in [2.24, 2.45) is 0 Å². The van der Waals surface area contributed by atoms with Crippen molar-refractivity contribution in [3.63, 3.8) is 0 Å². The molecular weight excluding hydrogens is 272 g/mol. The van der Waals surface area contributed by atoms with E-state index < -0.39 is 10.8 Å².